The predicted molar refractivity (Wildman–Crippen MR) is 136 cm³/mol. The number of thiocarbonyl (C=S) groups is 1. The standard InChI is InChI=1S/C25H26Cl2N4OS/c1-15-13-18(16(2)31(15)21-10-5-8-19(26)22(21)27)24-23(20-9-3-4-11-28-20)29-25(33)30(24)14-17-7-6-12-32-17/h3-5,8-11,13,17,23-24H,6-7,12,14H2,1-2H3,(H,29,33)/t17-,23-,24-/m0/s1. The van der Waals surface area contributed by atoms with Crippen LogP contribution >= 0.6 is 35.4 Å². The molecule has 0 amide bonds. The summed E-state index contributed by atoms with van der Waals surface area (Å²) < 4.78 is 8.14. The van der Waals surface area contributed by atoms with Crippen molar-refractivity contribution in [3.05, 3.63) is 81.4 Å². The highest BCUT2D eigenvalue weighted by Gasteiger charge is 2.42. The van der Waals surface area contributed by atoms with Crippen molar-refractivity contribution in [2.24, 2.45) is 0 Å². The van der Waals surface area contributed by atoms with Gasteiger partial charge < -0.3 is 19.5 Å². The number of hydrogen-bond acceptors (Lipinski definition) is 3. The first-order valence-electron chi connectivity index (χ1n) is 11.2. The van der Waals surface area contributed by atoms with E-state index in [1.54, 1.807) is 0 Å². The Labute approximate surface area is 209 Å². The van der Waals surface area contributed by atoms with Gasteiger partial charge in [0.15, 0.2) is 5.11 Å². The van der Waals surface area contributed by atoms with Crippen LogP contribution in [0.15, 0.2) is 48.7 Å². The fraction of sp³-hybridized carbons (Fsp3) is 0.360. The molecule has 172 valence electrons. The molecule has 1 aromatic carbocycles. The lowest BCUT2D eigenvalue weighted by Gasteiger charge is -2.30. The minimum Gasteiger partial charge on any atom is -0.376 e. The van der Waals surface area contributed by atoms with Crippen LogP contribution in [0.5, 0.6) is 0 Å². The van der Waals surface area contributed by atoms with E-state index in [9.17, 15) is 0 Å². The average Bonchev–Trinajstić information content (AvgIpc) is 3.51. The van der Waals surface area contributed by atoms with Gasteiger partial charge in [0.05, 0.1) is 39.6 Å². The van der Waals surface area contributed by atoms with Crippen molar-refractivity contribution in [2.75, 3.05) is 13.2 Å². The quantitative estimate of drug-likeness (QED) is 0.438. The van der Waals surface area contributed by atoms with Crippen LogP contribution in [0, 0.1) is 13.8 Å². The molecule has 33 heavy (non-hydrogen) atoms. The molecule has 8 heteroatoms. The molecule has 2 saturated heterocycles. The highest BCUT2D eigenvalue weighted by Crippen LogP contribution is 2.42. The zero-order chi connectivity index (χ0) is 23.1. The maximum atomic E-state index is 6.61. The molecular weight excluding hydrogens is 475 g/mol. The maximum absolute atomic E-state index is 6.61. The zero-order valence-corrected chi connectivity index (χ0v) is 20.9. The molecule has 2 fully saturated rings. The Morgan fingerprint density at radius 3 is 2.76 bits per heavy atom. The van der Waals surface area contributed by atoms with E-state index in [0.29, 0.717) is 10.0 Å². The lowest BCUT2D eigenvalue weighted by molar-refractivity contribution is 0.0842. The molecule has 0 unspecified atom stereocenters. The topological polar surface area (TPSA) is 42.3 Å². The van der Waals surface area contributed by atoms with E-state index in [2.05, 4.69) is 45.7 Å². The Bertz CT molecular complexity index is 1180. The number of benzene rings is 1. The van der Waals surface area contributed by atoms with Crippen molar-refractivity contribution in [1.82, 2.24) is 19.8 Å². The second-order valence-corrected chi connectivity index (χ2v) is 9.82. The smallest absolute Gasteiger partial charge is 0.170 e. The molecule has 0 aliphatic carbocycles. The summed E-state index contributed by atoms with van der Waals surface area (Å²) >= 11 is 18.8. The summed E-state index contributed by atoms with van der Waals surface area (Å²) in [6.07, 6.45) is 4.15. The van der Waals surface area contributed by atoms with Gasteiger partial charge in [-0.25, -0.2) is 0 Å². The molecule has 1 N–H and O–H groups in total. The molecule has 3 aromatic rings. The number of nitrogens with zero attached hydrogens (tertiary/aromatic N) is 3. The summed E-state index contributed by atoms with van der Waals surface area (Å²) in [6.45, 7) is 5.78. The molecule has 0 bridgehead atoms. The number of nitrogens with one attached hydrogen (secondary N) is 1. The summed E-state index contributed by atoms with van der Waals surface area (Å²) in [5, 5.41) is 5.36. The van der Waals surface area contributed by atoms with E-state index >= 15 is 0 Å². The zero-order valence-electron chi connectivity index (χ0n) is 18.6. The van der Waals surface area contributed by atoms with Gasteiger partial charge in [0.2, 0.25) is 0 Å². The lowest BCUT2D eigenvalue weighted by atomic mass is 9.96. The fourth-order valence-electron chi connectivity index (χ4n) is 5.07. The van der Waals surface area contributed by atoms with Crippen LogP contribution in [0.25, 0.3) is 5.69 Å². The number of aromatic nitrogens is 2. The number of ether oxygens (including phenoxy) is 1. The van der Waals surface area contributed by atoms with Crippen molar-refractivity contribution in [3.63, 3.8) is 0 Å². The van der Waals surface area contributed by atoms with Gasteiger partial charge in [-0.1, -0.05) is 35.3 Å². The average molecular weight is 501 g/mol. The molecule has 2 aliphatic heterocycles. The van der Waals surface area contributed by atoms with Crippen LogP contribution in [-0.4, -0.2) is 38.8 Å². The van der Waals surface area contributed by atoms with Crippen molar-refractivity contribution >= 4 is 40.5 Å². The molecule has 5 rings (SSSR count). The van der Waals surface area contributed by atoms with Gasteiger partial charge in [-0.05, 0) is 74.8 Å². The second-order valence-electron chi connectivity index (χ2n) is 8.65. The van der Waals surface area contributed by atoms with Gasteiger partial charge in [-0.15, -0.1) is 0 Å². The molecule has 0 saturated carbocycles. The van der Waals surface area contributed by atoms with Gasteiger partial charge >= 0.3 is 0 Å². The highest BCUT2D eigenvalue weighted by atomic mass is 35.5. The van der Waals surface area contributed by atoms with E-state index in [-0.39, 0.29) is 18.2 Å². The van der Waals surface area contributed by atoms with E-state index in [0.717, 1.165) is 53.9 Å². The molecule has 3 atom stereocenters. The monoisotopic (exact) mass is 500 g/mol. The van der Waals surface area contributed by atoms with E-state index in [4.69, 9.17) is 40.2 Å². The predicted octanol–water partition coefficient (Wildman–Crippen LogP) is 5.95. The molecule has 4 heterocycles. The minimum atomic E-state index is -0.0658. The molecular formula is C25H26Cl2N4OS. The Kier molecular flexibility index (Phi) is 6.36. The van der Waals surface area contributed by atoms with E-state index in [1.165, 1.54) is 5.56 Å². The number of rotatable bonds is 5. The fourth-order valence-corrected chi connectivity index (χ4v) is 5.77. The first kappa shape index (κ1) is 22.7. The normalized spacial score (nSPS) is 22.7. The van der Waals surface area contributed by atoms with Crippen LogP contribution in [0.4, 0.5) is 0 Å². The minimum absolute atomic E-state index is 0.0190. The van der Waals surface area contributed by atoms with Crippen molar-refractivity contribution in [2.45, 2.75) is 44.9 Å². The van der Waals surface area contributed by atoms with Crippen LogP contribution in [-0.2, 0) is 4.74 Å². The first-order chi connectivity index (χ1) is 16.0. The van der Waals surface area contributed by atoms with Crippen molar-refractivity contribution in [3.8, 4) is 5.69 Å². The summed E-state index contributed by atoms with van der Waals surface area (Å²) in [6, 6.07) is 13.9. The summed E-state index contributed by atoms with van der Waals surface area (Å²) in [5.41, 5.74) is 5.21. The third-order valence-corrected chi connectivity index (χ3v) is 7.74. The van der Waals surface area contributed by atoms with Crippen molar-refractivity contribution in [1.29, 1.82) is 0 Å². The molecule has 2 aromatic heterocycles. The number of pyridine rings is 1. The van der Waals surface area contributed by atoms with Gasteiger partial charge in [0.25, 0.3) is 0 Å². The largest absolute Gasteiger partial charge is 0.376 e. The third-order valence-electron chi connectivity index (χ3n) is 6.58. The Balaban J connectivity index is 1.61. The SMILES string of the molecule is Cc1cc([C@H]2[C@H](c3ccccn3)NC(=S)N2C[C@@H]2CCCO2)c(C)n1-c1cccc(Cl)c1Cl. The van der Waals surface area contributed by atoms with Crippen LogP contribution in [0.3, 0.4) is 0 Å². The second kappa shape index (κ2) is 9.26. The molecule has 2 aliphatic rings. The highest BCUT2D eigenvalue weighted by molar-refractivity contribution is 7.80. The van der Waals surface area contributed by atoms with Crippen molar-refractivity contribution < 1.29 is 4.74 Å². The summed E-state index contributed by atoms with van der Waals surface area (Å²) in [4.78, 5) is 6.93. The number of aryl methyl sites for hydroxylation is 1. The summed E-state index contributed by atoms with van der Waals surface area (Å²) in [7, 11) is 0. The van der Waals surface area contributed by atoms with Crippen LogP contribution in [0.2, 0.25) is 10.0 Å². The number of hydrogen-bond donors (Lipinski definition) is 1. The van der Waals surface area contributed by atoms with E-state index < -0.39 is 0 Å². The molecule has 0 radical (unpaired) electrons. The third kappa shape index (κ3) is 4.14. The van der Waals surface area contributed by atoms with Gasteiger partial charge in [0, 0.05) is 30.7 Å². The molecule has 0 spiro atoms. The number of halogens is 2. The Hall–Kier alpha value is -2.12. The van der Waals surface area contributed by atoms with E-state index in [1.807, 2.05) is 36.5 Å². The first-order valence-corrected chi connectivity index (χ1v) is 12.3. The van der Waals surface area contributed by atoms with Crippen LogP contribution in [0.1, 0.15) is 47.6 Å². The van der Waals surface area contributed by atoms with Crippen LogP contribution < -0.4 is 5.32 Å². The van der Waals surface area contributed by atoms with Gasteiger partial charge in [-0.3, -0.25) is 4.98 Å². The van der Waals surface area contributed by atoms with Gasteiger partial charge in [0.1, 0.15) is 0 Å². The summed E-state index contributed by atoms with van der Waals surface area (Å²) in [5.74, 6) is 0. The maximum Gasteiger partial charge on any atom is 0.170 e. The molecule has 5 nitrogen and oxygen atoms in total. The lowest BCUT2D eigenvalue weighted by Crippen LogP contribution is -2.36. The Morgan fingerprint density at radius 2 is 2.03 bits per heavy atom. The Morgan fingerprint density at radius 1 is 1.18 bits per heavy atom. The van der Waals surface area contributed by atoms with Gasteiger partial charge in [-0.2, -0.15) is 0 Å².